The molecule has 29 heavy (non-hydrogen) atoms. The quantitative estimate of drug-likeness (QED) is 0.701. The summed E-state index contributed by atoms with van der Waals surface area (Å²) in [5.74, 6) is -0.440. The Hall–Kier alpha value is -3.41. The molecule has 150 valence electrons. The predicted molar refractivity (Wildman–Crippen MR) is 114 cm³/mol. The standard InChI is InChI=1S/C23H26N4O2/c1-16(2)24-21(28)15-26(4)23(29)20-14-27(19-8-6-5-7-9-19)25-22(20)18-12-10-17(3)11-13-18/h5-14,16H,15H2,1-4H3,(H,24,28). The smallest absolute Gasteiger partial charge is 0.257 e. The van der Waals surface area contributed by atoms with Crippen LogP contribution in [0.3, 0.4) is 0 Å². The molecule has 1 aromatic heterocycles. The van der Waals surface area contributed by atoms with Gasteiger partial charge in [-0.2, -0.15) is 5.10 Å². The highest BCUT2D eigenvalue weighted by Gasteiger charge is 2.23. The van der Waals surface area contributed by atoms with Crippen LogP contribution < -0.4 is 5.32 Å². The highest BCUT2D eigenvalue weighted by molar-refractivity contribution is 6.01. The molecular weight excluding hydrogens is 364 g/mol. The molecule has 0 aliphatic rings. The molecule has 2 amide bonds. The van der Waals surface area contributed by atoms with Crippen LogP contribution in [0.1, 0.15) is 29.8 Å². The van der Waals surface area contributed by atoms with E-state index in [0.29, 0.717) is 11.3 Å². The van der Waals surface area contributed by atoms with Crippen LogP contribution in [0.5, 0.6) is 0 Å². The van der Waals surface area contributed by atoms with Crippen molar-refractivity contribution in [3.8, 4) is 16.9 Å². The minimum atomic E-state index is -0.248. The first-order valence-corrected chi connectivity index (χ1v) is 9.62. The number of hydrogen-bond acceptors (Lipinski definition) is 3. The van der Waals surface area contributed by atoms with Crippen molar-refractivity contribution in [2.45, 2.75) is 26.8 Å². The number of carbonyl (C=O) groups is 2. The zero-order valence-electron chi connectivity index (χ0n) is 17.2. The Morgan fingerprint density at radius 1 is 1.07 bits per heavy atom. The number of likely N-dealkylation sites (N-methyl/N-ethyl adjacent to an activating group) is 1. The zero-order valence-corrected chi connectivity index (χ0v) is 17.2. The molecule has 0 spiro atoms. The first kappa shape index (κ1) is 20.3. The molecule has 0 atom stereocenters. The van der Waals surface area contributed by atoms with Gasteiger partial charge in [0.05, 0.1) is 17.8 Å². The predicted octanol–water partition coefficient (Wildman–Crippen LogP) is 3.44. The summed E-state index contributed by atoms with van der Waals surface area (Å²) in [5.41, 5.74) is 3.90. The van der Waals surface area contributed by atoms with Gasteiger partial charge in [0, 0.05) is 24.8 Å². The summed E-state index contributed by atoms with van der Waals surface area (Å²) in [4.78, 5) is 26.7. The van der Waals surface area contributed by atoms with Crippen LogP contribution in [0.4, 0.5) is 0 Å². The molecule has 1 N–H and O–H groups in total. The third kappa shape index (κ3) is 4.90. The molecule has 0 aliphatic carbocycles. The van der Waals surface area contributed by atoms with Crippen LogP contribution in [0.2, 0.25) is 0 Å². The molecule has 0 radical (unpaired) electrons. The monoisotopic (exact) mass is 390 g/mol. The number of hydrogen-bond donors (Lipinski definition) is 1. The maximum absolute atomic E-state index is 13.2. The number of nitrogens with one attached hydrogen (secondary N) is 1. The Bertz CT molecular complexity index is 991. The molecule has 0 saturated heterocycles. The number of para-hydroxylation sites is 1. The van der Waals surface area contributed by atoms with E-state index in [1.54, 1.807) is 17.9 Å². The fourth-order valence-electron chi connectivity index (χ4n) is 3.03. The van der Waals surface area contributed by atoms with Crippen molar-refractivity contribution in [2.24, 2.45) is 0 Å². The number of aromatic nitrogens is 2. The maximum Gasteiger partial charge on any atom is 0.257 e. The van der Waals surface area contributed by atoms with E-state index in [1.165, 1.54) is 4.90 Å². The summed E-state index contributed by atoms with van der Waals surface area (Å²) in [6, 6.07) is 17.6. The lowest BCUT2D eigenvalue weighted by molar-refractivity contribution is -0.122. The maximum atomic E-state index is 13.2. The molecule has 3 aromatic rings. The summed E-state index contributed by atoms with van der Waals surface area (Å²) < 4.78 is 1.70. The second kappa shape index (κ2) is 8.73. The summed E-state index contributed by atoms with van der Waals surface area (Å²) in [6.07, 6.45) is 1.73. The van der Waals surface area contributed by atoms with E-state index in [4.69, 9.17) is 0 Å². The molecule has 0 saturated carbocycles. The lowest BCUT2D eigenvalue weighted by Gasteiger charge is -2.17. The average Bonchev–Trinajstić information content (AvgIpc) is 3.13. The van der Waals surface area contributed by atoms with Crippen LogP contribution in [0, 0.1) is 6.92 Å². The highest BCUT2D eigenvalue weighted by Crippen LogP contribution is 2.25. The third-order valence-electron chi connectivity index (χ3n) is 4.47. The molecule has 0 fully saturated rings. The van der Waals surface area contributed by atoms with E-state index in [1.807, 2.05) is 75.4 Å². The van der Waals surface area contributed by atoms with Crippen LogP contribution >= 0.6 is 0 Å². The second-order valence-corrected chi connectivity index (χ2v) is 7.42. The van der Waals surface area contributed by atoms with Crippen molar-refractivity contribution >= 4 is 11.8 Å². The Labute approximate surface area is 171 Å². The van der Waals surface area contributed by atoms with Crippen molar-refractivity contribution in [1.82, 2.24) is 20.0 Å². The van der Waals surface area contributed by atoms with Gasteiger partial charge in [-0.3, -0.25) is 9.59 Å². The number of rotatable bonds is 6. The lowest BCUT2D eigenvalue weighted by atomic mass is 10.1. The van der Waals surface area contributed by atoms with Crippen molar-refractivity contribution in [1.29, 1.82) is 0 Å². The number of nitrogens with zero attached hydrogens (tertiary/aromatic N) is 3. The second-order valence-electron chi connectivity index (χ2n) is 7.42. The molecule has 6 heteroatoms. The number of benzene rings is 2. The third-order valence-corrected chi connectivity index (χ3v) is 4.47. The van der Waals surface area contributed by atoms with Gasteiger partial charge >= 0.3 is 0 Å². The summed E-state index contributed by atoms with van der Waals surface area (Å²) >= 11 is 0. The minimum absolute atomic E-state index is 0.0130. The van der Waals surface area contributed by atoms with Crippen LogP contribution in [-0.2, 0) is 4.79 Å². The first-order chi connectivity index (χ1) is 13.8. The molecule has 1 heterocycles. The van der Waals surface area contributed by atoms with E-state index >= 15 is 0 Å². The van der Waals surface area contributed by atoms with Gasteiger partial charge < -0.3 is 10.2 Å². The summed E-state index contributed by atoms with van der Waals surface area (Å²) in [5, 5.41) is 7.49. The molecule has 0 bridgehead atoms. The van der Waals surface area contributed by atoms with Crippen molar-refractivity contribution < 1.29 is 9.59 Å². The fraction of sp³-hybridized carbons (Fsp3) is 0.261. The number of aryl methyl sites for hydroxylation is 1. The molecule has 3 rings (SSSR count). The topological polar surface area (TPSA) is 67.2 Å². The van der Waals surface area contributed by atoms with Crippen LogP contribution in [0.25, 0.3) is 16.9 Å². The molecule has 0 unspecified atom stereocenters. The molecule has 0 aliphatic heterocycles. The van der Waals surface area contributed by atoms with Crippen molar-refractivity contribution in [2.75, 3.05) is 13.6 Å². The first-order valence-electron chi connectivity index (χ1n) is 9.62. The van der Waals surface area contributed by atoms with Gasteiger partial charge in [-0.05, 0) is 32.9 Å². The van der Waals surface area contributed by atoms with Gasteiger partial charge in [-0.1, -0.05) is 48.0 Å². The number of carbonyl (C=O) groups excluding carboxylic acids is 2. The van der Waals surface area contributed by atoms with Gasteiger partial charge in [-0.25, -0.2) is 4.68 Å². The Morgan fingerprint density at radius 2 is 1.72 bits per heavy atom. The van der Waals surface area contributed by atoms with Crippen molar-refractivity contribution in [3.63, 3.8) is 0 Å². The molecule has 6 nitrogen and oxygen atoms in total. The minimum Gasteiger partial charge on any atom is -0.352 e. The van der Waals surface area contributed by atoms with Crippen LogP contribution in [-0.4, -0.2) is 46.1 Å². The zero-order chi connectivity index (χ0) is 21.0. The lowest BCUT2D eigenvalue weighted by Crippen LogP contribution is -2.40. The normalized spacial score (nSPS) is 10.8. The summed E-state index contributed by atoms with van der Waals surface area (Å²) in [7, 11) is 1.63. The Kier molecular flexibility index (Phi) is 6.12. The van der Waals surface area contributed by atoms with Crippen molar-refractivity contribution in [3.05, 3.63) is 71.9 Å². The highest BCUT2D eigenvalue weighted by atomic mass is 16.2. The van der Waals surface area contributed by atoms with Gasteiger partial charge in [0.15, 0.2) is 0 Å². The SMILES string of the molecule is Cc1ccc(-c2nn(-c3ccccc3)cc2C(=O)N(C)CC(=O)NC(C)C)cc1. The van der Waals surface area contributed by atoms with E-state index in [2.05, 4.69) is 10.4 Å². The van der Waals surface area contributed by atoms with Gasteiger partial charge in [0.2, 0.25) is 5.91 Å². The largest absolute Gasteiger partial charge is 0.352 e. The van der Waals surface area contributed by atoms with Gasteiger partial charge in [0.1, 0.15) is 5.69 Å². The fourth-order valence-corrected chi connectivity index (χ4v) is 3.03. The Morgan fingerprint density at radius 3 is 2.34 bits per heavy atom. The van der Waals surface area contributed by atoms with E-state index in [0.717, 1.165) is 16.8 Å². The number of amides is 2. The Balaban J connectivity index is 1.97. The molecular formula is C23H26N4O2. The summed E-state index contributed by atoms with van der Waals surface area (Å²) in [6.45, 7) is 5.78. The molecule has 2 aromatic carbocycles. The van der Waals surface area contributed by atoms with E-state index < -0.39 is 0 Å². The van der Waals surface area contributed by atoms with Gasteiger partial charge in [-0.15, -0.1) is 0 Å². The van der Waals surface area contributed by atoms with E-state index in [9.17, 15) is 9.59 Å². The van der Waals surface area contributed by atoms with E-state index in [-0.39, 0.29) is 24.4 Å². The average molecular weight is 390 g/mol. The van der Waals surface area contributed by atoms with Gasteiger partial charge in [0.25, 0.3) is 5.91 Å². The van der Waals surface area contributed by atoms with Crippen LogP contribution in [0.15, 0.2) is 60.8 Å².